The van der Waals surface area contributed by atoms with Gasteiger partial charge in [-0.25, -0.2) is 13.6 Å². The molecule has 3 rings (SSSR count). The van der Waals surface area contributed by atoms with E-state index in [1.807, 2.05) is 25.1 Å². The first kappa shape index (κ1) is 32.2. The quantitative estimate of drug-likeness (QED) is 0.0874. The molecule has 0 saturated carbocycles. The molecule has 0 amide bonds. The second kappa shape index (κ2) is 16.9. The molecule has 4 nitrogen and oxygen atoms in total. The van der Waals surface area contributed by atoms with E-state index in [9.17, 15) is 13.6 Å². The monoisotopic (exact) mass is 565 g/mol. The van der Waals surface area contributed by atoms with Crippen LogP contribution >= 0.6 is 0 Å². The van der Waals surface area contributed by atoms with Crippen molar-refractivity contribution in [1.82, 2.24) is 4.98 Å². The zero-order valence-electron chi connectivity index (χ0n) is 24.9. The van der Waals surface area contributed by atoms with E-state index in [2.05, 4.69) is 11.9 Å². The molecule has 41 heavy (non-hydrogen) atoms. The predicted octanol–water partition coefficient (Wildman–Crippen LogP) is 10.3. The van der Waals surface area contributed by atoms with Gasteiger partial charge in [0.15, 0.2) is 11.6 Å². The highest BCUT2D eigenvalue weighted by molar-refractivity contribution is 5.81. The van der Waals surface area contributed by atoms with E-state index in [4.69, 9.17) is 9.47 Å². The summed E-state index contributed by atoms with van der Waals surface area (Å²) in [6, 6.07) is 15.5. The number of carbonyl (C=O) groups excluding carboxylic acids is 1. The summed E-state index contributed by atoms with van der Waals surface area (Å²) >= 11 is 0. The Labute approximate surface area is 244 Å². The Morgan fingerprint density at radius 2 is 1.39 bits per heavy atom. The fraction of sp³-hybridized carbons (Fsp3) is 0.486. The molecule has 3 aromatic rings. The van der Waals surface area contributed by atoms with Crippen LogP contribution in [0, 0.1) is 5.82 Å². The lowest BCUT2D eigenvalue weighted by molar-refractivity contribution is -0.147. The third-order valence-electron chi connectivity index (χ3n) is 7.29. The second-order valence-corrected chi connectivity index (χ2v) is 11.0. The Morgan fingerprint density at radius 1 is 0.780 bits per heavy atom. The maximum Gasteiger partial charge on any atom is 0.348 e. The molecule has 0 saturated heterocycles. The predicted molar refractivity (Wildman–Crippen MR) is 162 cm³/mol. The summed E-state index contributed by atoms with van der Waals surface area (Å²) in [5, 5.41) is 0. The van der Waals surface area contributed by atoms with Crippen LogP contribution in [0.5, 0.6) is 11.5 Å². The second-order valence-electron chi connectivity index (χ2n) is 11.0. The molecular weight excluding hydrogens is 520 g/mol. The average Bonchev–Trinajstić information content (AvgIpc) is 2.97. The van der Waals surface area contributed by atoms with Gasteiger partial charge in [-0.05, 0) is 61.7 Å². The van der Waals surface area contributed by atoms with Gasteiger partial charge in [0, 0.05) is 17.3 Å². The topological polar surface area (TPSA) is 48.4 Å². The summed E-state index contributed by atoms with van der Waals surface area (Å²) in [5.41, 5.74) is 1.03. The molecule has 0 radical (unpaired) electrons. The Bertz CT molecular complexity index is 1190. The van der Waals surface area contributed by atoms with Crippen molar-refractivity contribution < 1.29 is 23.0 Å². The number of nitrogens with zero attached hydrogens (tertiary/aromatic N) is 1. The summed E-state index contributed by atoms with van der Waals surface area (Å²) in [5.74, 6) is -0.728. The summed E-state index contributed by atoms with van der Waals surface area (Å²) in [6.45, 7) is 5.82. The highest BCUT2D eigenvalue weighted by atomic mass is 19.1. The van der Waals surface area contributed by atoms with Crippen molar-refractivity contribution >= 4 is 5.97 Å². The number of ether oxygens (including phenoxy) is 2. The van der Waals surface area contributed by atoms with Gasteiger partial charge in [-0.3, -0.25) is 4.98 Å². The Kier molecular flexibility index (Phi) is 13.3. The van der Waals surface area contributed by atoms with Gasteiger partial charge in [-0.1, -0.05) is 96.3 Å². The smallest absolute Gasteiger partial charge is 0.348 e. The molecule has 0 spiro atoms. The maximum atomic E-state index is 14.7. The van der Waals surface area contributed by atoms with E-state index < -0.39 is 17.5 Å². The van der Waals surface area contributed by atoms with Crippen molar-refractivity contribution in [3.63, 3.8) is 0 Å². The van der Waals surface area contributed by atoms with E-state index in [0.717, 1.165) is 24.0 Å². The van der Waals surface area contributed by atoms with Crippen LogP contribution in [0.4, 0.5) is 8.78 Å². The Morgan fingerprint density at radius 3 is 1.98 bits per heavy atom. The number of esters is 1. The van der Waals surface area contributed by atoms with E-state index in [0.29, 0.717) is 24.3 Å². The van der Waals surface area contributed by atoms with Gasteiger partial charge in [0.25, 0.3) is 0 Å². The van der Waals surface area contributed by atoms with Crippen molar-refractivity contribution in [2.45, 2.75) is 103 Å². The standard InChI is InChI=1S/C35H45F2NO3/c1-4-6-7-8-9-10-11-12-13-14-24-40-33-22-18-28(25-31(33)36)32-21-17-29(26-38-32)27-15-19-30(20-16-27)41-34(39)35(3,37)23-5-2/h15-22,25-26H,4-14,23-24H2,1-3H3/t35-/m0/s1. The minimum Gasteiger partial charge on any atom is -0.491 e. The van der Waals surface area contributed by atoms with E-state index in [1.165, 1.54) is 64.4 Å². The molecule has 0 N–H and O–H groups in total. The zero-order valence-corrected chi connectivity index (χ0v) is 24.9. The third-order valence-corrected chi connectivity index (χ3v) is 7.29. The van der Waals surface area contributed by atoms with Crippen LogP contribution in [0.25, 0.3) is 22.4 Å². The summed E-state index contributed by atoms with van der Waals surface area (Å²) in [4.78, 5) is 16.6. The van der Waals surface area contributed by atoms with Crippen LogP contribution in [-0.2, 0) is 4.79 Å². The lowest BCUT2D eigenvalue weighted by atomic mass is 10.0. The normalized spacial score (nSPS) is 12.6. The van der Waals surface area contributed by atoms with Crippen LogP contribution in [0.3, 0.4) is 0 Å². The SMILES string of the molecule is CCCCCCCCCCCCOc1ccc(-c2ccc(-c3ccc(OC(=O)[C@@](C)(F)CCC)cc3)cn2)cc1F. The number of pyridine rings is 1. The number of alkyl halides is 1. The van der Waals surface area contributed by atoms with Crippen molar-refractivity contribution in [2.24, 2.45) is 0 Å². The Hall–Kier alpha value is -3.28. The number of hydrogen-bond acceptors (Lipinski definition) is 4. The van der Waals surface area contributed by atoms with Gasteiger partial charge in [0.2, 0.25) is 5.67 Å². The van der Waals surface area contributed by atoms with Gasteiger partial charge >= 0.3 is 5.97 Å². The third kappa shape index (κ3) is 10.6. The molecule has 1 aromatic heterocycles. The van der Waals surface area contributed by atoms with Gasteiger partial charge in [0.1, 0.15) is 5.75 Å². The highest BCUT2D eigenvalue weighted by Crippen LogP contribution is 2.28. The summed E-state index contributed by atoms with van der Waals surface area (Å²) < 4.78 is 40.0. The fourth-order valence-electron chi connectivity index (χ4n) is 4.78. The molecule has 0 bridgehead atoms. The molecular formula is C35H45F2NO3. The van der Waals surface area contributed by atoms with E-state index >= 15 is 0 Å². The number of halogens is 2. The number of hydrogen-bond donors (Lipinski definition) is 0. The molecule has 222 valence electrons. The van der Waals surface area contributed by atoms with Crippen LogP contribution in [-0.4, -0.2) is 23.2 Å². The zero-order chi connectivity index (χ0) is 29.5. The fourth-order valence-corrected chi connectivity index (χ4v) is 4.78. The van der Waals surface area contributed by atoms with Crippen molar-refractivity contribution in [3.05, 3.63) is 66.6 Å². The van der Waals surface area contributed by atoms with Gasteiger partial charge in [-0.2, -0.15) is 0 Å². The molecule has 0 aliphatic rings. The molecule has 6 heteroatoms. The van der Waals surface area contributed by atoms with Crippen LogP contribution in [0.2, 0.25) is 0 Å². The molecule has 0 aliphatic carbocycles. The van der Waals surface area contributed by atoms with Crippen LogP contribution in [0.1, 0.15) is 97.8 Å². The van der Waals surface area contributed by atoms with E-state index in [1.54, 1.807) is 36.5 Å². The van der Waals surface area contributed by atoms with Gasteiger partial charge in [-0.15, -0.1) is 0 Å². The summed E-state index contributed by atoms with van der Waals surface area (Å²) in [6.07, 6.45) is 14.9. The average molecular weight is 566 g/mol. The first-order valence-corrected chi connectivity index (χ1v) is 15.2. The number of rotatable bonds is 18. The van der Waals surface area contributed by atoms with Gasteiger partial charge < -0.3 is 9.47 Å². The van der Waals surface area contributed by atoms with Crippen molar-refractivity contribution in [3.8, 4) is 33.9 Å². The number of carbonyl (C=O) groups is 1. The number of benzene rings is 2. The largest absolute Gasteiger partial charge is 0.491 e. The first-order chi connectivity index (χ1) is 19.8. The molecule has 0 fully saturated rings. The molecule has 1 atom stereocenters. The molecule has 2 aromatic carbocycles. The lowest BCUT2D eigenvalue weighted by Gasteiger charge is -2.17. The molecule has 1 heterocycles. The van der Waals surface area contributed by atoms with Crippen LogP contribution in [0.15, 0.2) is 60.8 Å². The van der Waals surface area contributed by atoms with Crippen molar-refractivity contribution in [2.75, 3.05) is 6.61 Å². The number of unbranched alkanes of at least 4 members (excludes halogenated alkanes) is 9. The maximum absolute atomic E-state index is 14.7. The van der Waals surface area contributed by atoms with Gasteiger partial charge in [0.05, 0.1) is 12.3 Å². The summed E-state index contributed by atoms with van der Waals surface area (Å²) in [7, 11) is 0. The first-order valence-electron chi connectivity index (χ1n) is 15.2. The minimum atomic E-state index is -2.01. The molecule has 0 unspecified atom stereocenters. The van der Waals surface area contributed by atoms with Crippen LogP contribution < -0.4 is 9.47 Å². The Balaban J connectivity index is 1.45. The highest BCUT2D eigenvalue weighted by Gasteiger charge is 2.34. The molecule has 0 aliphatic heterocycles. The van der Waals surface area contributed by atoms with E-state index in [-0.39, 0.29) is 17.9 Å². The minimum absolute atomic E-state index is 0.112. The van der Waals surface area contributed by atoms with Crippen molar-refractivity contribution in [1.29, 1.82) is 0 Å². The number of aromatic nitrogens is 1. The lowest BCUT2D eigenvalue weighted by Crippen LogP contribution is -2.34.